The summed E-state index contributed by atoms with van der Waals surface area (Å²) in [5.41, 5.74) is 11.0. The maximum atomic E-state index is 12.2. The van der Waals surface area contributed by atoms with E-state index in [9.17, 15) is 26.6 Å². The average Bonchev–Trinajstić information content (AvgIpc) is 2.66. The SMILES string of the molecule is Nc1cc(N)c(S(=O)(=O)[O-])cc1N=Nc1ccc(S(=O)(=O)CCOSOO[O-])cc1.[Na+].[Na+]. The fraction of sp³-hybridized carbons (Fsp3) is 0.143. The topological polar surface area (TPSA) is 219 Å². The predicted molar refractivity (Wildman–Crippen MR) is 102 cm³/mol. The zero-order chi connectivity index (χ0) is 22.4. The van der Waals surface area contributed by atoms with Crippen LogP contribution in [0.2, 0.25) is 0 Å². The van der Waals surface area contributed by atoms with Crippen LogP contribution in [-0.2, 0) is 33.5 Å². The molecule has 18 heteroatoms. The van der Waals surface area contributed by atoms with Crippen LogP contribution >= 0.6 is 12.3 Å². The molecule has 13 nitrogen and oxygen atoms in total. The summed E-state index contributed by atoms with van der Waals surface area (Å²) in [6.07, 6.45) is 0. The predicted octanol–water partition coefficient (Wildman–Crippen LogP) is -5.24. The molecule has 0 heterocycles. The van der Waals surface area contributed by atoms with Gasteiger partial charge >= 0.3 is 59.1 Å². The van der Waals surface area contributed by atoms with Gasteiger partial charge in [-0.2, -0.15) is 5.11 Å². The summed E-state index contributed by atoms with van der Waals surface area (Å²) >= 11 is 0.199. The first-order chi connectivity index (χ1) is 14.0. The summed E-state index contributed by atoms with van der Waals surface area (Å²) in [6.45, 7) is -0.265. The normalized spacial score (nSPS) is 11.7. The van der Waals surface area contributed by atoms with E-state index >= 15 is 0 Å². The number of azo groups is 1. The molecule has 0 amide bonds. The molecule has 2 rings (SSSR count). The summed E-state index contributed by atoms with van der Waals surface area (Å²) in [5.74, 6) is -0.391. The van der Waals surface area contributed by atoms with Crippen molar-refractivity contribution in [3.05, 3.63) is 36.4 Å². The number of hydrogen-bond donors (Lipinski definition) is 2. The van der Waals surface area contributed by atoms with E-state index < -0.39 is 30.6 Å². The molecule has 0 bridgehead atoms. The molecule has 0 unspecified atom stereocenters. The van der Waals surface area contributed by atoms with Crippen molar-refractivity contribution in [2.45, 2.75) is 9.79 Å². The summed E-state index contributed by atoms with van der Waals surface area (Å²) in [7, 11) is -8.52. The van der Waals surface area contributed by atoms with E-state index in [1.807, 2.05) is 0 Å². The van der Waals surface area contributed by atoms with Gasteiger partial charge in [0.1, 0.15) is 15.8 Å². The van der Waals surface area contributed by atoms with E-state index in [4.69, 9.17) is 11.5 Å². The number of hydrogen-bond acceptors (Lipinski definition) is 14. The molecule has 0 saturated carbocycles. The van der Waals surface area contributed by atoms with Gasteiger partial charge in [0.15, 0.2) is 22.2 Å². The summed E-state index contributed by atoms with van der Waals surface area (Å²) in [4.78, 5) is -0.706. The van der Waals surface area contributed by atoms with Gasteiger partial charge in [-0.05, 0) is 36.4 Å². The molecule has 4 N–H and O–H groups in total. The van der Waals surface area contributed by atoms with Crippen LogP contribution in [-0.4, -0.2) is 33.7 Å². The Bertz CT molecular complexity index is 1130. The van der Waals surface area contributed by atoms with Crippen molar-refractivity contribution < 1.29 is 99.3 Å². The first kappa shape index (κ1) is 31.7. The van der Waals surface area contributed by atoms with Gasteiger partial charge in [-0.1, -0.05) is 0 Å². The van der Waals surface area contributed by atoms with Gasteiger partial charge in [0.05, 0.1) is 39.2 Å². The third kappa shape index (κ3) is 9.51. The zero-order valence-corrected chi connectivity index (χ0v) is 23.3. The van der Waals surface area contributed by atoms with Crippen LogP contribution in [0.4, 0.5) is 22.7 Å². The Morgan fingerprint density at radius 3 is 2.16 bits per heavy atom. The maximum Gasteiger partial charge on any atom is 1.00 e. The van der Waals surface area contributed by atoms with Gasteiger partial charge in [-0.15, -0.1) is 9.45 Å². The van der Waals surface area contributed by atoms with Gasteiger partial charge in [0.2, 0.25) is 0 Å². The molecule has 0 atom stereocenters. The second kappa shape index (κ2) is 14.2. The quantitative estimate of drug-likeness (QED) is 0.0435. The number of nitrogen functional groups attached to an aromatic ring is 2. The molecule has 0 fully saturated rings. The second-order valence-electron chi connectivity index (χ2n) is 5.44. The van der Waals surface area contributed by atoms with Crippen molar-refractivity contribution in [1.29, 1.82) is 0 Å². The molecule has 0 saturated heterocycles. The fourth-order valence-corrected chi connectivity index (χ4v) is 4.08. The van der Waals surface area contributed by atoms with Crippen molar-refractivity contribution in [3.8, 4) is 0 Å². The standard InChI is InChI=1S/C14H16N4O9S3.2Na/c15-11-7-12(16)14(30(22,23)24)8-13(11)18-17-9-1-3-10(4-2-9)29(20,21)6-5-25-28-27-26-19;;/h1-4,7-8,19H,5-6,15-16H2,(H,22,23,24);;/q;2*+1/p-2. The van der Waals surface area contributed by atoms with Crippen LogP contribution in [0.3, 0.4) is 0 Å². The van der Waals surface area contributed by atoms with Gasteiger partial charge in [-0.25, -0.2) is 16.8 Å². The molecule has 0 aromatic heterocycles. The fourth-order valence-electron chi connectivity index (χ4n) is 2.06. The average molecular weight is 524 g/mol. The minimum absolute atomic E-state index is 0. The molecule has 0 aliphatic heterocycles. The van der Waals surface area contributed by atoms with E-state index in [-0.39, 0.29) is 106 Å². The van der Waals surface area contributed by atoms with E-state index in [0.717, 1.165) is 12.1 Å². The van der Waals surface area contributed by atoms with Gasteiger partial charge < -0.3 is 21.3 Å². The van der Waals surface area contributed by atoms with E-state index in [2.05, 4.69) is 23.8 Å². The van der Waals surface area contributed by atoms with E-state index in [1.165, 1.54) is 24.3 Å². The van der Waals surface area contributed by atoms with Gasteiger partial charge in [0.25, 0.3) is 0 Å². The maximum absolute atomic E-state index is 12.2. The number of rotatable bonds is 10. The smallest absolute Gasteiger partial charge is 0.744 e. The van der Waals surface area contributed by atoms with Crippen molar-refractivity contribution in [2.24, 2.45) is 10.2 Å². The summed E-state index contributed by atoms with van der Waals surface area (Å²) < 4.78 is 66.5. The van der Waals surface area contributed by atoms with Gasteiger partial charge in [-0.3, -0.25) is 9.22 Å². The first-order valence-electron chi connectivity index (χ1n) is 7.69. The Hall–Kier alpha value is -0.310. The van der Waals surface area contributed by atoms with Gasteiger partial charge in [0, 0.05) is 0 Å². The van der Waals surface area contributed by atoms with Crippen LogP contribution in [0.5, 0.6) is 0 Å². The van der Waals surface area contributed by atoms with Crippen LogP contribution < -0.4 is 75.8 Å². The van der Waals surface area contributed by atoms with Crippen LogP contribution in [0.1, 0.15) is 0 Å². The number of nitrogens with zero attached hydrogens (tertiary/aromatic N) is 2. The second-order valence-corrected chi connectivity index (χ2v) is 9.41. The molecule has 2 aromatic carbocycles. The number of nitrogens with two attached hydrogens (primary N) is 2. The Morgan fingerprint density at radius 2 is 1.59 bits per heavy atom. The molecule has 0 aliphatic carbocycles. The zero-order valence-electron chi connectivity index (χ0n) is 16.8. The monoisotopic (exact) mass is 524 g/mol. The largest absolute Gasteiger partial charge is 1.00 e. The van der Waals surface area contributed by atoms with Crippen molar-refractivity contribution in [1.82, 2.24) is 0 Å². The number of anilines is 2. The molecular weight excluding hydrogens is 510 g/mol. The van der Waals surface area contributed by atoms with Crippen LogP contribution in [0, 0.1) is 0 Å². The van der Waals surface area contributed by atoms with E-state index in [1.54, 1.807) is 0 Å². The Kier molecular flexibility index (Phi) is 14.0. The minimum atomic E-state index is -4.83. The first-order valence-corrected chi connectivity index (χ1v) is 11.4. The molecule has 2 aromatic rings. The third-order valence-electron chi connectivity index (χ3n) is 3.44. The molecule has 32 heavy (non-hydrogen) atoms. The Balaban J connectivity index is 0.00000480. The van der Waals surface area contributed by atoms with Crippen molar-refractivity contribution in [3.63, 3.8) is 0 Å². The molecule has 0 spiro atoms. The third-order valence-corrected chi connectivity index (χ3v) is 6.40. The number of benzene rings is 2. The van der Waals surface area contributed by atoms with E-state index in [0.29, 0.717) is 0 Å². The van der Waals surface area contributed by atoms with Crippen molar-refractivity contribution >= 4 is 55.0 Å². The molecule has 0 aliphatic rings. The Labute approximate surface area is 232 Å². The summed E-state index contributed by atoms with van der Waals surface area (Å²) in [6, 6.07) is 7.21. The Morgan fingerprint density at radius 1 is 0.969 bits per heavy atom. The molecular formula is C14H14N4Na2O9S3. The van der Waals surface area contributed by atoms with Crippen LogP contribution in [0.15, 0.2) is 56.4 Å². The summed E-state index contributed by atoms with van der Waals surface area (Å²) in [5, 5.41) is 20.2. The minimum Gasteiger partial charge on any atom is -0.744 e. The molecule has 0 radical (unpaired) electrons. The van der Waals surface area contributed by atoms with Crippen LogP contribution in [0.25, 0.3) is 0 Å². The van der Waals surface area contributed by atoms with Crippen molar-refractivity contribution in [2.75, 3.05) is 23.8 Å². The molecule has 164 valence electrons. The number of sulfone groups is 1.